The third kappa shape index (κ3) is 4.97. The van der Waals surface area contributed by atoms with Crippen molar-refractivity contribution in [3.05, 3.63) is 34.4 Å². The van der Waals surface area contributed by atoms with E-state index in [1.54, 1.807) is 0 Å². The number of aliphatic hydroxyl groups is 3. The van der Waals surface area contributed by atoms with Gasteiger partial charge in [-0.3, -0.25) is 0 Å². The number of aliphatic hydroxyl groups excluding tert-OH is 3. The Kier molecular flexibility index (Phi) is 7.98. The Morgan fingerprint density at radius 1 is 0.950 bits per heavy atom. The maximum Gasteiger partial charge on any atom is 0.104 e. The van der Waals surface area contributed by atoms with Crippen LogP contribution in [0.1, 0.15) is 54.9 Å². The molecule has 0 spiro atoms. The maximum atomic E-state index is 9.46. The molecule has 3 N–H and O–H groups in total. The van der Waals surface area contributed by atoms with Gasteiger partial charge in [-0.1, -0.05) is 50.2 Å². The standard InChI is InChI=1S/C17H24O3/c1-2-3-4-5-7-14-10-15(12-19)17(8-6-9-18)16(11-14)13-20/h10-11,18-20H,2-5,7,9,12-13H2,1H3. The molecule has 1 rings (SSSR count). The van der Waals surface area contributed by atoms with Crippen molar-refractivity contribution in [1.29, 1.82) is 0 Å². The van der Waals surface area contributed by atoms with Gasteiger partial charge < -0.3 is 15.3 Å². The first kappa shape index (κ1) is 16.7. The topological polar surface area (TPSA) is 60.7 Å². The van der Waals surface area contributed by atoms with Gasteiger partial charge >= 0.3 is 0 Å². The van der Waals surface area contributed by atoms with Gasteiger partial charge in [0.05, 0.1) is 13.2 Å². The fourth-order valence-electron chi connectivity index (χ4n) is 2.28. The summed E-state index contributed by atoms with van der Waals surface area (Å²) in [5.41, 5.74) is 3.22. The van der Waals surface area contributed by atoms with Gasteiger partial charge in [0.1, 0.15) is 6.61 Å². The Hall–Kier alpha value is -1.34. The molecule has 0 bridgehead atoms. The number of rotatable bonds is 7. The van der Waals surface area contributed by atoms with E-state index in [9.17, 15) is 10.2 Å². The zero-order valence-electron chi connectivity index (χ0n) is 12.2. The van der Waals surface area contributed by atoms with Crippen LogP contribution >= 0.6 is 0 Å². The predicted molar refractivity (Wildman–Crippen MR) is 80.1 cm³/mol. The maximum absolute atomic E-state index is 9.46. The Balaban J connectivity index is 2.94. The first-order valence-electron chi connectivity index (χ1n) is 7.22. The molecule has 0 saturated carbocycles. The van der Waals surface area contributed by atoms with E-state index < -0.39 is 0 Å². The first-order chi connectivity index (χ1) is 9.76. The molecule has 110 valence electrons. The second-order valence-corrected chi connectivity index (χ2v) is 4.88. The summed E-state index contributed by atoms with van der Waals surface area (Å²) in [4.78, 5) is 0. The summed E-state index contributed by atoms with van der Waals surface area (Å²) in [6, 6.07) is 3.90. The molecule has 0 radical (unpaired) electrons. The minimum absolute atomic E-state index is 0.106. The smallest absolute Gasteiger partial charge is 0.104 e. The van der Waals surface area contributed by atoms with Crippen molar-refractivity contribution in [1.82, 2.24) is 0 Å². The Labute approximate surface area is 121 Å². The van der Waals surface area contributed by atoms with Gasteiger partial charge in [-0.05, 0) is 29.5 Å². The summed E-state index contributed by atoms with van der Waals surface area (Å²) in [6.45, 7) is 1.74. The Morgan fingerprint density at radius 3 is 2.10 bits per heavy atom. The monoisotopic (exact) mass is 276 g/mol. The van der Waals surface area contributed by atoms with Crippen LogP contribution in [0.15, 0.2) is 12.1 Å². The zero-order valence-corrected chi connectivity index (χ0v) is 12.2. The van der Waals surface area contributed by atoms with E-state index in [0.29, 0.717) is 5.56 Å². The summed E-state index contributed by atoms with van der Waals surface area (Å²) < 4.78 is 0. The highest BCUT2D eigenvalue weighted by atomic mass is 16.3. The van der Waals surface area contributed by atoms with Gasteiger partial charge in [-0.2, -0.15) is 0 Å². The molecule has 0 aliphatic heterocycles. The van der Waals surface area contributed by atoms with Crippen molar-refractivity contribution in [2.45, 2.75) is 52.2 Å². The predicted octanol–water partition coefficient (Wildman–Crippen LogP) is 2.14. The summed E-state index contributed by atoms with van der Waals surface area (Å²) in [5, 5.41) is 27.7. The van der Waals surface area contributed by atoms with Gasteiger partial charge in [-0.15, -0.1) is 0 Å². The number of hydrogen-bond donors (Lipinski definition) is 3. The van der Waals surface area contributed by atoms with Gasteiger partial charge in [0.25, 0.3) is 0 Å². The lowest BCUT2D eigenvalue weighted by Crippen LogP contribution is -2.01. The van der Waals surface area contributed by atoms with Crippen molar-refractivity contribution in [3.8, 4) is 11.8 Å². The summed E-state index contributed by atoms with van der Waals surface area (Å²) in [5.74, 6) is 5.39. The van der Waals surface area contributed by atoms with Crippen molar-refractivity contribution in [2.24, 2.45) is 0 Å². The van der Waals surface area contributed by atoms with E-state index >= 15 is 0 Å². The van der Waals surface area contributed by atoms with E-state index in [1.165, 1.54) is 19.3 Å². The normalized spacial score (nSPS) is 10.2. The van der Waals surface area contributed by atoms with Gasteiger partial charge in [-0.25, -0.2) is 0 Å². The molecule has 0 atom stereocenters. The van der Waals surface area contributed by atoms with Crippen molar-refractivity contribution < 1.29 is 15.3 Å². The fourth-order valence-corrected chi connectivity index (χ4v) is 2.28. The van der Waals surface area contributed by atoms with Crippen molar-refractivity contribution >= 4 is 0 Å². The lowest BCUT2D eigenvalue weighted by molar-refractivity contribution is 0.274. The van der Waals surface area contributed by atoms with E-state index in [-0.39, 0.29) is 19.8 Å². The second-order valence-electron chi connectivity index (χ2n) is 4.88. The average Bonchev–Trinajstić information content (AvgIpc) is 2.49. The highest BCUT2D eigenvalue weighted by molar-refractivity contribution is 5.49. The van der Waals surface area contributed by atoms with Crippen LogP contribution < -0.4 is 0 Å². The van der Waals surface area contributed by atoms with Crippen molar-refractivity contribution in [3.63, 3.8) is 0 Å². The summed E-state index contributed by atoms with van der Waals surface area (Å²) in [6.07, 6.45) is 5.71. The van der Waals surface area contributed by atoms with Crippen LogP contribution in [0.4, 0.5) is 0 Å². The molecule has 0 aromatic heterocycles. The van der Waals surface area contributed by atoms with Crippen LogP contribution in [0.3, 0.4) is 0 Å². The number of aryl methyl sites for hydroxylation is 1. The summed E-state index contributed by atoms with van der Waals surface area (Å²) >= 11 is 0. The van der Waals surface area contributed by atoms with E-state index in [1.807, 2.05) is 12.1 Å². The minimum Gasteiger partial charge on any atom is -0.392 e. The first-order valence-corrected chi connectivity index (χ1v) is 7.22. The van der Waals surface area contributed by atoms with E-state index in [4.69, 9.17) is 5.11 Å². The molecule has 3 nitrogen and oxygen atoms in total. The molecule has 0 aliphatic carbocycles. The van der Waals surface area contributed by atoms with E-state index in [2.05, 4.69) is 18.8 Å². The molecule has 0 saturated heterocycles. The van der Waals surface area contributed by atoms with Crippen molar-refractivity contribution in [2.75, 3.05) is 6.61 Å². The molecule has 1 aromatic rings. The molecule has 20 heavy (non-hydrogen) atoms. The molecule has 0 aliphatic rings. The van der Waals surface area contributed by atoms with E-state index in [0.717, 1.165) is 29.5 Å². The lowest BCUT2D eigenvalue weighted by Gasteiger charge is -2.11. The van der Waals surface area contributed by atoms with Gasteiger partial charge in [0.15, 0.2) is 0 Å². The van der Waals surface area contributed by atoms with Gasteiger partial charge in [0.2, 0.25) is 0 Å². The largest absolute Gasteiger partial charge is 0.392 e. The molecule has 0 amide bonds. The molecular weight excluding hydrogens is 252 g/mol. The Morgan fingerprint density at radius 2 is 1.60 bits per heavy atom. The highest BCUT2D eigenvalue weighted by Crippen LogP contribution is 2.19. The zero-order chi connectivity index (χ0) is 14.8. The number of hydrogen-bond acceptors (Lipinski definition) is 3. The SMILES string of the molecule is CCCCCCc1cc(CO)c(C#CCO)c(CO)c1. The van der Waals surface area contributed by atoms with Gasteiger partial charge in [0, 0.05) is 5.56 Å². The van der Waals surface area contributed by atoms with Crippen LogP contribution in [0.2, 0.25) is 0 Å². The molecular formula is C17H24O3. The van der Waals surface area contributed by atoms with Crippen LogP contribution in [0, 0.1) is 11.8 Å². The third-order valence-electron chi connectivity index (χ3n) is 3.31. The van der Waals surface area contributed by atoms with Crippen LogP contribution in [0.5, 0.6) is 0 Å². The highest BCUT2D eigenvalue weighted by Gasteiger charge is 2.08. The summed E-state index contributed by atoms with van der Waals surface area (Å²) in [7, 11) is 0. The third-order valence-corrected chi connectivity index (χ3v) is 3.31. The lowest BCUT2D eigenvalue weighted by atomic mass is 9.95. The molecule has 3 heteroatoms. The fraction of sp³-hybridized carbons (Fsp3) is 0.529. The molecule has 0 unspecified atom stereocenters. The average molecular weight is 276 g/mol. The van der Waals surface area contributed by atoms with Crippen LogP contribution in [-0.4, -0.2) is 21.9 Å². The minimum atomic E-state index is -0.228. The Bertz CT molecular complexity index is 444. The van der Waals surface area contributed by atoms with Crippen LogP contribution in [0.25, 0.3) is 0 Å². The molecule has 1 aromatic carbocycles. The quantitative estimate of drug-likeness (QED) is 0.528. The molecule has 0 heterocycles. The van der Waals surface area contributed by atoms with Crippen LogP contribution in [-0.2, 0) is 19.6 Å². The number of benzene rings is 1. The number of unbranched alkanes of at least 4 members (excludes halogenated alkanes) is 3. The second kappa shape index (κ2) is 9.55. The molecule has 0 fully saturated rings.